The summed E-state index contributed by atoms with van der Waals surface area (Å²) >= 11 is 0. The highest BCUT2D eigenvalue weighted by molar-refractivity contribution is 7.47. The van der Waals surface area contributed by atoms with Crippen LogP contribution in [0.1, 0.15) is 369 Å². The Bertz CT molecular complexity index is 1770. The summed E-state index contributed by atoms with van der Waals surface area (Å²) in [7, 11) is -9.89. The van der Waals surface area contributed by atoms with Gasteiger partial charge in [0.2, 0.25) is 0 Å². The van der Waals surface area contributed by atoms with E-state index in [1.807, 2.05) is 0 Å². The third-order valence-corrected chi connectivity index (χ3v) is 19.0. The Morgan fingerprint density at radius 1 is 0.319 bits per heavy atom. The van der Waals surface area contributed by atoms with E-state index < -0.39 is 97.5 Å². The molecule has 0 bridgehead atoms. The molecule has 540 valence electrons. The largest absolute Gasteiger partial charge is 0.472 e. The third-order valence-electron chi connectivity index (χ3n) is 17.1. The highest BCUT2D eigenvalue weighted by Crippen LogP contribution is 2.45. The summed E-state index contributed by atoms with van der Waals surface area (Å²) in [5, 5.41) is 10.6. The number of phosphoric acid groups is 2. The summed E-state index contributed by atoms with van der Waals surface area (Å²) < 4.78 is 68.1. The molecule has 0 amide bonds. The highest BCUT2D eigenvalue weighted by Gasteiger charge is 2.30. The molecule has 0 fully saturated rings. The van der Waals surface area contributed by atoms with Crippen molar-refractivity contribution in [3.8, 4) is 0 Å². The van der Waals surface area contributed by atoms with Gasteiger partial charge in [-0.15, -0.1) is 0 Å². The SMILES string of the molecule is CCCCCCCCCCCCCCCCCC(=O)OC[C@H](COP(=O)(O)OC[C@@H](O)COP(=O)(O)OC[C@@H](COC(=O)CCCCCCC)OC(=O)CCCCCCCCC(C)CC)OC(=O)CCCCCCCCCCCCCCCCCCCCC(C)C. The van der Waals surface area contributed by atoms with Gasteiger partial charge >= 0.3 is 39.5 Å². The first-order valence-corrected chi connectivity index (χ1v) is 40.5. The van der Waals surface area contributed by atoms with Gasteiger partial charge in [-0.05, 0) is 37.5 Å². The molecule has 6 atom stereocenters. The zero-order valence-electron chi connectivity index (χ0n) is 59.1. The van der Waals surface area contributed by atoms with Gasteiger partial charge in [0.15, 0.2) is 12.2 Å². The van der Waals surface area contributed by atoms with Gasteiger partial charge in [-0.25, -0.2) is 9.13 Å². The number of phosphoric ester groups is 2. The lowest BCUT2D eigenvalue weighted by molar-refractivity contribution is -0.161. The Hall–Kier alpha value is -1.94. The predicted molar refractivity (Wildman–Crippen MR) is 368 cm³/mol. The molecule has 3 N–H and O–H groups in total. The molecule has 0 aromatic heterocycles. The quantitative estimate of drug-likeness (QED) is 0.0222. The molecule has 0 heterocycles. The minimum absolute atomic E-state index is 0.102. The average Bonchev–Trinajstić information content (AvgIpc) is 3.73. The van der Waals surface area contributed by atoms with Crippen LogP contribution >= 0.6 is 15.6 Å². The average molecular weight is 1340 g/mol. The van der Waals surface area contributed by atoms with Gasteiger partial charge in [0, 0.05) is 25.7 Å². The van der Waals surface area contributed by atoms with Gasteiger partial charge in [-0.2, -0.15) is 0 Å². The summed E-state index contributed by atoms with van der Waals surface area (Å²) in [6, 6.07) is 0. The van der Waals surface area contributed by atoms with Crippen LogP contribution < -0.4 is 0 Å². The molecule has 0 aliphatic rings. The number of carbonyl (C=O) groups is 4. The normalized spacial score (nSPS) is 14.4. The topological polar surface area (TPSA) is 237 Å². The lowest BCUT2D eigenvalue weighted by atomic mass is 10.00. The van der Waals surface area contributed by atoms with Gasteiger partial charge in [-0.1, -0.05) is 318 Å². The number of hydrogen-bond donors (Lipinski definition) is 3. The molecule has 19 heteroatoms. The number of unbranched alkanes of at least 4 members (excludes halogenated alkanes) is 40. The number of ether oxygens (including phenoxy) is 4. The Labute approximate surface area is 556 Å². The molecule has 0 spiro atoms. The number of aliphatic hydroxyl groups excluding tert-OH is 1. The van der Waals surface area contributed by atoms with Gasteiger partial charge in [0.25, 0.3) is 0 Å². The summed E-state index contributed by atoms with van der Waals surface area (Å²) in [5.41, 5.74) is 0. The maximum Gasteiger partial charge on any atom is 0.472 e. The molecule has 3 unspecified atom stereocenters. The van der Waals surface area contributed by atoms with Crippen LogP contribution in [0.25, 0.3) is 0 Å². The van der Waals surface area contributed by atoms with Gasteiger partial charge in [-0.3, -0.25) is 37.3 Å². The van der Waals surface area contributed by atoms with Crippen LogP contribution in [0.15, 0.2) is 0 Å². The molecule has 17 nitrogen and oxygen atoms in total. The zero-order valence-corrected chi connectivity index (χ0v) is 60.9. The molecular formula is C72H140O17P2. The van der Waals surface area contributed by atoms with Crippen molar-refractivity contribution < 1.29 is 80.2 Å². The number of rotatable bonds is 71. The molecule has 0 aliphatic carbocycles. The summed E-state index contributed by atoms with van der Waals surface area (Å²) in [4.78, 5) is 72.3. The lowest BCUT2D eigenvalue weighted by Gasteiger charge is -2.21. The van der Waals surface area contributed by atoms with Crippen molar-refractivity contribution in [1.82, 2.24) is 0 Å². The first kappa shape index (κ1) is 89.1. The second-order valence-electron chi connectivity index (χ2n) is 26.7. The smallest absolute Gasteiger partial charge is 0.462 e. The molecule has 0 aromatic rings. The minimum atomic E-state index is -4.95. The van der Waals surface area contributed by atoms with Crippen molar-refractivity contribution in [2.75, 3.05) is 39.6 Å². The standard InChI is InChI=1S/C72H140O17P2/c1-7-10-12-14-15-16-17-18-23-27-30-33-36-43-49-55-70(75)83-61-68(88-71(76)56-50-44-37-34-31-28-25-22-20-19-21-24-26-29-32-35-41-46-52-64(4)5)63-87-91(80,81)85-59-66(73)58-84-90(78,79)86-62-67(60-82-69(74)54-48-40-13-11-8-2)89-72(77)57-51-45-39-38-42-47-53-65(6)9-3/h64-68,73H,7-63H2,1-6H3,(H,78,79)(H,80,81)/t65?,66-,67+,68+/m0/s1. The van der Waals surface area contributed by atoms with Crippen LogP contribution in [0.3, 0.4) is 0 Å². The van der Waals surface area contributed by atoms with E-state index >= 15 is 0 Å². The van der Waals surface area contributed by atoms with E-state index in [0.29, 0.717) is 25.7 Å². The Morgan fingerprint density at radius 2 is 0.560 bits per heavy atom. The molecule has 0 aromatic carbocycles. The third kappa shape index (κ3) is 65.1. The Balaban J connectivity index is 5.12. The van der Waals surface area contributed by atoms with E-state index in [-0.39, 0.29) is 25.7 Å². The van der Waals surface area contributed by atoms with Crippen molar-refractivity contribution in [2.45, 2.75) is 387 Å². The van der Waals surface area contributed by atoms with Crippen molar-refractivity contribution in [3.63, 3.8) is 0 Å². The number of esters is 4. The van der Waals surface area contributed by atoms with Gasteiger partial charge in [0.1, 0.15) is 19.3 Å². The van der Waals surface area contributed by atoms with E-state index in [1.165, 1.54) is 180 Å². The molecule has 91 heavy (non-hydrogen) atoms. The predicted octanol–water partition coefficient (Wildman–Crippen LogP) is 20.8. The van der Waals surface area contributed by atoms with Crippen LogP contribution in [-0.2, 0) is 65.4 Å². The maximum absolute atomic E-state index is 13.1. The van der Waals surface area contributed by atoms with Crippen molar-refractivity contribution >= 4 is 39.5 Å². The monoisotopic (exact) mass is 1340 g/mol. The number of hydrogen-bond acceptors (Lipinski definition) is 15. The fourth-order valence-electron chi connectivity index (χ4n) is 10.9. The molecule has 0 rings (SSSR count). The van der Waals surface area contributed by atoms with E-state index in [4.69, 9.17) is 37.0 Å². The molecule has 0 saturated heterocycles. The summed E-state index contributed by atoms with van der Waals surface area (Å²) in [5.74, 6) is -0.594. The number of carbonyl (C=O) groups excluding carboxylic acids is 4. The van der Waals surface area contributed by atoms with Gasteiger partial charge < -0.3 is 33.8 Å². The fraction of sp³-hybridized carbons (Fsp3) is 0.944. The second-order valence-corrected chi connectivity index (χ2v) is 29.6. The van der Waals surface area contributed by atoms with Crippen molar-refractivity contribution in [1.29, 1.82) is 0 Å². The van der Waals surface area contributed by atoms with Crippen LogP contribution in [-0.4, -0.2) is 96.7 Å². The molecular weight excluding hydrogens is 1200 g/mol. The first-order chi connectivity index (χ1) is 43.9. The van der Waals surface area contributed by atoms with E-state index in [2.05, 4.69) is 41.5 Å². The second kappa shape index (κ2) is 64.1. The zero-order chi connectivity index (χ0) is 67.2. The van der Waals surface area contributed by atoms with E-state index in [0.717, 1.165) is 108 Å². The fourth-order valence-corrected chi connectivity index (χ4v) is 12.5. The maximum atomic E-state index is 13.1. The number of aliphatic hydroxyl groups is 1. The van der Waals surface area contributed by atoms with Crippen LogP contribution in [0.2, 0.25) is 0 Å². The first-order valence-electron chi connectivity index (χ1n) is 37.5. The van der Waals surface area contributed by atoms with Crippen molar-refractivity contribution in [3.05, 3.63) is 0 Å². The molecule has 0 saturated carbocycles. The summed E-state index contributed by atoms with van der Waals surface area (Å²) in [6.07, 6.45) is 50.5. The van der Waals surface area contributed by atoms with Crippen LogP contribution in [0.4, 0.5) is 0 Å². The van der Waals surface area contributed by atoms with E-state index in [9.17, 15) is 43.2 Å². The molecule has 0 radical (unpaired) electrons. The van der Waals surface area contributed by atoms with Gasteiger partial charge in [0.05, 0.1) is 26.4 Å². The summed E-state index contributed by atoms with van der Waals surface area (Å²) in [6.45, 7) is 9.46. The Kier molecular flexibility index (Phi) is 62.7. The minimum Gasteiger partial charge on any atom is -0.462 e. The van der Waals surface area contributed by atoms with Crippen LogP contribution in [0.5, 0.6) is 0 Å². The van der Waals surface area contributed by atoms with E-state index in [1.54, 1.807) is 0 Å². The highest BCUT2D eigenvalue weighted by atomic mass is 31.2. The lowest BCUT2D eigenvalue weighted by Crippen LogP contribution is -2.30. The Morgan fingerprint density at radius 3 is 0.835 bits per heavy atom. The molecule has 0 aliphatic heterocycles. The van der Waals surface area contributed by atoms with Crippen LogP contribution in [0, 0.1) is 11.8 Å². The van der Waals surface area contributed by atoms with Crippen molar-refractivity contribution in [2.24, 2.45) is 11.8 Å².